The number of pyridine rings is 1. The summed E-state index contributed by atoms with van der Waals surface area (Å²) >= 11 is 4.15. The summed E-state index contributed by atoms with van der Waals surface area (Å²) in [6, 6.07) is 9.54. The molecule has 2 heterocycles. The number of thiol groups is 1. The predicted molar refractivity (Wildman–Crippen MR) is 99.6 cm³/mol. The number of fused-ring (bicyclic) bond motifs is 1. The van der Waals surface area contributed by atoms with Gasteiger partial charge in [0.15, 0.2) is 0 Å². The Morgan fingerprint density at radius 1 is 1.33 bits per heavy atom. The molecular weight excluding hydrogens is 320 g/mol. The molecule has 0 spiro atoms. The second kappa shape index (κ2) is 7.05. The molecule has 3 aromatic rings. The lowest BCUT2D eigenvalue weighted by Crippen LogP contribution is -2.25. The molecule has 1 amide bonds. The van der Waals surface area contributed by atoms with Crippen molar-refractivity contribution in [2.75, 3.05) is 12.3 Å². The summed E-state index contributed by atoms with van der Waals surface area (Å²) in [5.74, 6) is 0.494. The van der Waals surface area contributed by atoms with Crippen LogP contribution >= 0.6 is 12.6 Å². The molecule has 2 aromatic heterocycles. The van der Waals surface area contributed by atoms with Gasteiger partial charge in [0.2, 0.25) is 0 Å². The highest BCUT2D eigenvalue weighted by atomic mass is 32.1. The Hall–Kier alpha value is -2.34. The second-order valence-electron chi connectivity index (χ2n) is 5.51. The lowest BCUT2D eigenvalue weighted by molar-refractivity contribution is 0.0958. The van der Waals surface area contributed by atoms with Crippen molar-refractivity contribution in [2.45, 2.75) is 20.4 Å². The van der Waals surface area contributed by atoms with E-state index in [0.717, 1.165) is 34.4 Å². The maximum absolute atomic E-state index is 12.6. The number of aromatic nitrogens is 3. The van der Waals surface area contributed by atoms with Crippen molar-refractivity contribution in [1.29, 1.82) is 0 Å². The number of rotatable bonds is 5. The number of carbonyl (C=O) groups excluding carboxylic acids is 1. The van der Waals surface area contributed by atoms with Crippen molar-refractivity contribution < 1.29 is 4.79 Å². The zero-order valence-electron chi connectivity index (χ0n) is 13.8. The molecule has 124 valence electrons. The number of hydrogen-bond donors (Lipinski definition) is 2. The van der Waals surface area contributed by atoms with Crippen LogP contribution in [0.1, 0.15) is 23.0 Å². The molecule has 1 N–H and O–H groups in total. The third-order valence-electron chi connectivity index (χ3n) is 4.04. The number of benzene rings is 1. The lowest BCUT2D eigenvalue weighted by Gasteiger charge is -2.10. The zero-order chi connectivity index (χ0) is 17.1. The number of hydrogen-bond acceptors (Lipinski definition) is 4. The van der Waals surface area contributed by atoms with Gasteiger partial charge in [0, 0.05) is 35.5 Å². The van der Waals surface area contributed by atoms with Gasteiger partial charge in [0.05, 0.1) is 23.0 Å². The first-order chi connectivity index (χ1) is 11.7. The zero-order valence-corrected chi connectivity index (χ0v) is 14.7. The van der Waals surface area contributed by atoms with Crippen molar-refractivity contribution in [1.82, 2.24) is 20.1 Å². The van der Waals surface area contributed by atoms with E-state index in [2.05, 4.69) is 23.0 Å². The minimum absolute atomic E-state index is 0.107. The SMILES string of the molecule is CCn1ncc(-c2cc(C(=O)NCCS)c3ccccc3n2)c1C. The van der Waals surface area contributed by atoms with E-state index in [0.29, 0.717) is 17.9 Å². The standard InChI is InChI=1S/C18H20N4OS/c1-3-22-12(2)15(11-20-22)17-10-14(18(23)19-8-9-24)13-6-4-5-7-16(13)21-17/h4-7,10-11,24H,3,8-9H2,1-2H3,(H,19,23). The monoisotopic (exact) mass is 340 g/mol. The maximum atomic E-state index is 12.6. The molecule has 0 atom stereocenters. The first-order valence-electron chi connectivity index (χ1n) is 7.97. The van der Waals surface area contributed by atoms with E-state index in [1.54, 1.807) is 0 Å². The molecule has 6 heteroatoms. The Morgan fingerprint density at radius 2 is 2.12 bits per heavy atom. The quantitative estimate of drug-likeness (QED) is 0.702. The normalized spacial score (nSPS) is 11.0. The third-order valence-corrected chi connectivity index (χ3v) is 4.26. The van der Waals surface area contributed by atoms with Crippen LogP contribution in [0.2, 0.25) is 0 Å². The van der Waals surface area contributed by atoms with E-state index in [1.165, 1.54) is 0 Å². The number of carbonyl (C=O) groups is 1. The second-order valence-corrected chi connectivity index (χ2v) is 5.96. The molecule has 1 aromatic carbocycles. The van der Waals surface area contributed by atoms with E-state index in [1.807, 2.05) is 55.1 Å². The molecule has 24 heavy (non-hydrogen) atoms. The average molecular weight is 340 g/mol. The molecule has 3 rings (SSSR count). The fourth-order valence-corrected chi connectivity index (χ4v) is 2.89. The molecule has 0 aliphatic carbocycles. The molecule has 0 unspecified atom stereocenters. The van der Waals surface area contributed by atoms with Crippen LogP contribution in [0.3, 0.4) is 0 Å². The molecule has 0 aliphatic rings. The van der Waals surface area contributed by atoms with Gasteiger partial charge in [-0.1, -0.05) is 18.2 Å². The minimum Gasteiger partial charge on any atom is -0.351 e. The van der Waals surface area contributed by atoms with Crippen molar-refractivity contribution in [3.63, 3.8) is 0 Å². The van der Waals surface area contributed by atoms with Crippen molar-refractivity contribution in [3.8, 4) is 11.3 Å². The van der Waals surface area contributed by atoms with E-state index < -0.39 is 0 Å². The summed E-state index contributed by atoms with van der Waals surface area (Å²) < 4.78 is 1.92. The minimum atomic E-state index is -0.107. The Morgan fingerprint density at radius 3 is 2.83 bits per heavy atom. The van der Waals surface area contributed by atoms with E-state index in [4.69, 9.17) is 4.98 Å². The van der Waals surface area contributed by atoms with Gasteiger partial charge in [-0.05, 0) is 26.0 Å². The van der Waals surface area contributed by atoms with Crippen LogP contribution in [0.15, 0.2) is 36.5 Å². The first-order valence-corrected chi connectivity index (χ1v) is 8.60. The molecule has 0 radical (unpaired) electrons. The Bertz CT molecular complexity index is 888. The van der Waals surface area contributed by atoms with Crippen LogP contribution in [0.25, 0.3) is 22.2 Å². The molecule has 0 aliphatic heterocycles. The number of nitrogens with zero attached hydrogens (tertiary/aromatic N) is 3. The van der Waals surface area contributed by atoms with Crippen LogP contribution in [0.4, 0.5) is 0 Å². The highest BCUT2D eigenvalue weighted by Gasteiger charge is 2.16. The smallest absolute Gasteiger partial charge is 0.252 e. The van der Waals surface area contributed by atoms with Gasteiger partial charge in [-0.25, -0.2) is 4.98 Å². The van der Waals surface area contributed by atoms with Crippen LogP contribution in [0, 0.1) is 6.92 Å². The van der Waals surface area contributed by atoms with Crippen molar-refractivity contribution in [2.24, 2.45) is 0 Å². The van der Waals surface area contributed by atoms with Gasteiger partial charge >= 0.3 is 0 Å². The van der Waals surface area contributed by atoms with Crippen LogP contribution in [-0.2, 0) is 6.54 Å². The number of amides is 1. The number of aryl methyl sites for hydroxylation is 1. The average Bonchev–Trinajstić information content (AvgIpc) is 2.99. The van der Waals surface area contributed by atoms with Crippen molar-refractivity contribution in [3.05, 3.63) is 47.8 Å². The van der Waals surface area contributed by atoms with Gasteiger partial charge < -0.3 is 5.32 Å². The fraction of sp³-hybridized carbons (Fsp3) is 0.278. The Balaban J connectivity index is 2.16. The first kappa shape index (κ1) is 16.5. The highest BCUT2D eigenvalue weighted by molar-refractivity contribution is 7.80. The van der Waals surface area contributed by atoms with Gasteiger partial charge in [-0.15, -0.1) is 0 Å². The van der Waals surface area contributed by atoms with E-state index >= 15 is 0 Å². The summed E-state index contributed by atoms with van der Waals surface area (Å²) in [5, 5.41) is 8.11. The molecule has 0 fully saturated rings. The van der Waals surface area contributed by atoms with Gasteiger partial charge in [-0.3, -0.25) is 9.48 Å². The summed E-state index contributed by atoms with van der Waals surface area (Å²) in [7, 11) is 0. The maximum Gasteiger partial charge on any atom is 0.252 e. The highest BCUT2D eigenvalue weighted by Crippen LogP contribution is 2.27. The van der Waals surface area contributed by atoms with Gasteiger partial charge in [-0.2, -0.15) is 17.7 Å². The molecular formula is C18H20N4OS. The summed E-state index contributed by atoms with van der Waals surface area (Å²) in [4.78, 5) is 17.3. The molecule has 5 nitrogen and oxygen atoms in total. The Kier molecular flexibility index (Phi) is 4.85. The third kappa shape index (κ3) is 3.01. The summed E-state index contributed by atoms with van der Waals surface area (Å²) in [6.07, 6.45) is 1.81. The van der Waals surface area contributed by atoms with Crippen LogP contribution in [-0.4, -0.2) is 33.0 Å². The predicted octanol–water partition coefficient (Wildman–Crippen LogP) is 3.09. The Labute approximate surface area is 146 Å². The summed E-state index contributed by atoms with van der Waals surface area (Å²) in [6.45, 7) is 5.40. The molecule has 0 saturated heterocycles. The van der Waals surface area contributed by atoms with Crippen LogP contribution in [0.5, 0.6) is 0 Å². The van der Waals surface area contributed by atoms with Gasteiger partial charge in [0.25, 0.3) is 5.91 Å². The lowest BCUT2D eigenvalue weighted by atomic mass is 10.0. The van der Waals surface area contributed by atoms with Gasteiger partial charge in [0.1, 0.15) is 0 Å². The summed E-state index contributed by atoms with van der Waals surface area (Å²) in [5.41, 5.74) is 4.19. The topological polar surface area (TPSA) is 59.8 Å². The van der Waals surface area contributed by atoms with E-state index in [-0.39, 0.29) is 5.91 Å². The van der Waals surface area contributed by atoms with Crippen LogP contribution < -0.4 is 5.32 Å². The largest absolute Gasteiger partial charge is 0.351 e. The molecule has 0 bridgehead atoms. The number of nitrogens with one attached hydrogen (secondary N) is 1. The fourth-order valence-electron chi connectivity index (χ4n) is 2.78. The van der Waals surface area contributed by atoms with E-state index in [9.17, 15) is 4.79 Å². The number of para-hydroxylation sites is 1. The molecule has 0 saturated carbocycles. The van der Waals surface area contributed by atoms with Crippen molar-refractivity contribution >= 4 is 29.4 Å².